The number of sulfonamides is 1. The Kier molecular flexibility index (Phi) is 8.09. The summed E-state index contributed by atoms with van der Waals surface area (Å²) in [6, 6.07) is 14.2. The first-order chi connectivity index (χ1) is 14.9. The normalized spacial score (nSPS) is 16.8. The van der Waals surface area contributed by atoms with Gasteiger partial charge in [0, 0.05) is 12.6 Å². The third-order valence-corrected chi connectivity index (χ3v) is 7.43. The van der Waals surface area contributed by atoms with Crippen LogP contribution in [0.15, 0.2) is 58.6 Å². The van der Waals surface area contributed by atoms with E-state index in [0.29, 0.717) is 29.5 Å². The summed E-state index contributed by atoms with van der Waals surface area (Å²) in [6.45, 7) is 4.47. The predicted octanol–water partition coefficient (Wildman–Crippen LogP) is 5.13. The van der Waals surface area contributed by atoms with Crippen LogP contribution in [0, 0.1) is 5.92 Å². The first-order valence-electron chi connectivity index (χ1n) is 11.0. The van der Waals surface area contributed by atoms with Gasteiger partial charge in [0.25, 0.3) is 10.0 Å². The molecule has 0 aliphatic heterocycles. The summed E-state index contributed by atoms with van der Waals surface area (Å²) < 4.78 is 28.5. The van der Waals surface area contributed by atoms with Crippen molar-refractivity contribution in [3.63, 3.8) is 0 Å². The lowest BCUT2D eigenvalue weighted by atomic mass is 9.85. The van der Waals surface area contributed by atoms with E-state index >= 15 is 0 Å². The Bertz CT molecular complexity index is 981. The summed E-state index contributed by atoms with van der Waals surface area (Å²) in [6.07, 6.45) is 7.86. The van der Waals surface area contributed by atoms with E-state index in [1.807, 2.05) is 18.2 Å². The average molecular weight is 444 g/mol. The minimum atomic E-state index is -3.73. The highest BCUT2D eigenvalue weighted by Crippen LogP contribution is 2.27. The lowest BCUT2D eigenvalue weighted by Gasteiger charge is -2.25. The van der Waals surface area contributed by atoms with Crippen molar-refractivity contribution < 1.29 is 13.6 Å². The van der Waals surface area contributed by atoms with Crippen LogP contribution in [0.4, 0.5) is 5.69 Å². The molecule has 6 nitrogen and oxygen atoms in total. The van der Waals surface area contributed by atoms with Crippen LogP contribution in [0.25, 0.3) is 0 Å². The van der Waals surface area contributed by atoms with E-state index in [4.69, 9.17) is 5.21 Å². The number of benzene rings is 2. The second-order valence-electron chi connectivity index (χ2n) is 8.49. The molecule has 0 amide bonds. The van der Waals surface area contributed by atoms with Crippen LogP contribution in [0.3, 0.4) is 0 Å². The summed E-state index contributed by atoms with van der Waals surface area (Å²) in [5.74, 6) is 0.799. The summed E-state index contributed by atoms with van der Waals surface area (Å²) in [7, 11) is -3.73. The number of para-hydroxylation sites is 1. The SMILES string of the molecule is CC(=NO)c1ccc(S(=O)(=O)Nc2ccccc2CN[C@@H](C)CC2CCCCC2)cc1. The van der Waals surface area contributed by atoms with Crippen LogP contribution < -0.4 is 10.0 Å². The van der Waals surface area contributed by atoms with E-state index in [-0.39, 0.29) is 4.90 Å². The molecule has 1 saturated carbocycles. The largest absolute Gasteiger partial charge is 0.411 e. The molecule has 0 saturated heterocycles. The van der Waals surface area contributed by atoms with Gasteiger partial charge in [0.05, 0.1) is 16.3 Å². The van der Waals surface area contributed by atoms with Gasteiger partial charge in [-0.1, -0.05) is 67.6 Å². The van der Waals surface area contributed by atoms with Gasteiger partial charge >= 0.3 is 0 Å². The van der Waals surface area contributed by atoms with Crippen LogP contribution in [0.2, 0.25) is 0 Å². The van der Waals surface area contributed by atoms with Gasteiger partial charge in [0.1, 0.15) is 0 Å². The van der Waals surface area contributed by atoms with Gasteiger partial charge in [-0.05, 0) is 55.5 Å². The van der Waals surface area contributed by atoms with Crippen molar-refractivity contribution in [3.8, 4) is 0 Å². The van der Waals surface area contributed by atoms with Crippen molar-refractivity contribution in [3.05, 3.63) is 59.7 Å². The number of anilines is 1. The number of hydrogen-bond acceptors (Lipinski definition) is 5. The Morgan fingerprint density at radius 3 is 2.45 bits per heavy atom. The Balaban J connectivity index is 1.65. The molecule has 2 aromatic rings. The number of nitrogens with zero attached hydrogens (tertiary/aromatic N) is 1. The maximum atomic E-state index is 12.9. The Morgan fingerprint density at radius 2 is 1.77 bits per heavy atom. The lowest BCUT2D eigenvalue weighted by Crippen LogP contribution is -2.29. The van der Waals surface area contributed by atoms with Crippen LogP contribution in [-0.4, -0.2) is 25.4 Å². The van der Waals surface area contributed by atoms with E-state index in [1.165, 1.54) is 44.2 Å². The molecule has 31 heavy (non-hydrogen) atoms. The lowest BCUT2D eigenvalue weighted by molar-refractivity contribution is 0.305. The molecule has 3 N–H and O–H groups in total. The summed E-state index contributed by atoms with van der Waals surface area (Å²) in [4.78, 5) is 0.162. The zero-order valence-corrected chi connectivity index (χ0v) is 19.2. The van der Waals surface area contributed by atoms with Crippen molar-refractivity contribution in [2.45, 2.75) is 69.9 Å². The van der Waals surface area contributed by atoms with Gasteiger partial charge < -0.3 is 10.5 Å². The maximum Gasteiger partial charge on any atom is 0.261 e. The van der Waals surface area contributed by atoms with Crippen molar-refractivity contribution >= 4 is 21.4 Å². The molecular formula is C24H33N3O3S. The van der Waals surface area contributed by atoms with Gasteiger partial charge in [0.15, 0.2) is 0 Å². The zero-order valence-electron chi connectivity index (χ0n) is 18.3. The Labute approximate surface area is 185 Å². The minimum Gasteiger partial charge on any atom is -0.411 e. The molecule has 1 aliphatic rings. The molecule has 0 aromatic heterocycles. The number of oxime groups is 1. The molecule has 0 bridgehead atoms. The van der Waals surface area contributed by atoms with E-state index in [1.54, 1.807) is 25.1 Å². The average Bonchev–Trinajstić information content (AvgIpc) is 2.78. The molecule has 7 heteroatoms. The zero-order chi connectivity index (χ0) is 22.3. The van der Waals surface area contributed by atoms with Gasteiger partial charge in [-0.25, -0.2) is 8.42 Å². The number of hydrogen-bond donors (Lipinski definition) is 3. The van der Waals surface area contributed by atoms with Crippen LogP contribution in [0.5, 0.6) is 0 Å². The van der Waals surface area contributed by atoms with E-state index < -0.39 is 10.0 Å². The highest BCUT2D eigenvalue weighted by molar-refractivity contribution is 7.92. The van der Waals surface area contributed by atoms with E-state index in [9.17, 15) is 8.42 Å². The third-order valence-electron chi connectivity index (χ3n) is 6.05. The molecule has 1 fully saturated rings. The van der Waals surface area contributed by atoms with Gasteiger partial charge in [-0.2, -0.15) is 0 Å². The minimum absolute atomic E-state index is 0.162. The van der Waals surface area contributed by atoms with Crippen LogP contribution in [-0.2, 0) is 16.6 Å². The quantitative estimate of drug-likeness (QED) is 0.284. The highest BCUT2D eigenvalue weighted by Gasteiger charge is 2.18. The van der Waals surface area contributed by atoms with Gasteiger partial charge in [-0.15, -0.1) is 0 Å². The highest BCUT2D eigenvalue weighted by atomic mass is 32.2. The standard InChI is InChI=1S/C24H33N3O3S/c1-18(16-20-8-4-3-5-9-20)25-17-22-10-6-7-11-24(22)27-31(29,30)23-14-12-21(13-15-23)19(2)26-28/h6-7,10-15,18,20,25,27-28H,3-5,8-9,16-17H2,1-2H3/t18-/m0/s1. The molecule has 3 rings (SSSR count). The summed E-state index contributed by atoms with van der Waals surface area (Å²) >= 11 is 0. The second kappa shape index (κ2) is 10.8. The fourth-order valence-corrected chi connectivity index (χ4v) is 5.30. The van der Waals surface area contributed by atoms with Crippen LogP contribution in [0.1, 0.15) is 63.5 Å². The Hall–Kier alpha value is -2.38. The molecule has 0 unspecified atom stereocenters. The molecule has 0 radical (unpaired) electrons. The predicted molar refractivity (Wildman–Crippen MR) is 125 cm³/mol. The first kappa shape index (κ1) is 23.3. The molecule has 0 spiro atoms. The molecule has 0 heterocycles. The Morgan fingerprint density at radius 1 is 1.10 bits per heavy atom. The summed E-state index contributed by atoms with van der Waals surface area (Å²) in [5, 5.41) is 15.6. The number of rotatable bonds is 9. The first-order valence-corrected chi connectivity index (χ1v) is 12.5. The second-order valence-corrected chi connectivity index (χ2v) is 10.2. The van der Waals surface area contributed by atoms with Crippen molar-refractivity contribution in [1.82, 2.24) is 5.32 Å². The smallest absolute Gasteiger partial charge is 0.261 e. The third kappa shape index (κ3) is 6.55. The topological polar surface area (TPSA) is 90.8 Å². The van der Waals surface area contributed by atoms with Gasteiger partial charge in [0.2, 0.25) is 0 Å². The molecular weight excluding hydrogens is 410 g/mol. The van der Waals surface area contributed by atoms with Crippen LogP contribution >= 0.6 is 0 Å². The molecule has 1 aliphatic carbocycles. The van der Waals surface area contributed by atoms with Gasteiger partial charge in [-0.3, -0.25) is 4.72 Å². The van der Waals surface area contributed by atoms with E-state index in [0.717, 1.165) is 17.9 Å². The van der Waals surface area contributed by atoms with Crippen molar-refractivity contribution in [1.29, 1.82) is 0 Å². The fraction of sp³-hybridized carbons (Fsp3) is 0.458. The molecule has 1 atom stereocenters. The number of nitrogens with one attached hydrogen (secondary N) is 2. The fourth-order valence-electron chi connectivity index (χ4n) is 4.20. The monoisotopic (exact) mass is 443 g/mol. The summed E-state index contributed by atoms with van der Waals surface area (Å²) in [5.41, 5.74) is 2.59. The molecule has 2 aromatic carbocycles. The van der Waals surface area contributed by atoms with E-state index in [2.05, 4.69) is 22.1 Å². The molecule has 168 valence electrons. The maximum absolute atomic E-state index is 12.9. The van der Waals surface area contributed by atoms with Crippen molar-refractivity contribution in [2.75, 3.05) is 4.72 Å². The van der Waals surface area contributed by atoms with Crippen molar-refractivity contribution in [2.24, 2.45) is 11.1 Å².